The van der Waals surface area contributed by atoms with Crippen LogP contribution in [0, 0.1) is 6.92 Å². The van der Waals surface area contributed by atoms with Crippen LogP contribution in [0.4, 0.5) is 16.2 Å². The Bertz CT molecular complexity index is 584. The third kappa shape index (κ3) is 2.88. The molecule has 0 bridgehead atoms. The smallest absolute Gasteiger partial charge is 0.326 e. The fourth-order valence-electron chi connectivity index (χ4n) is 1.88. The molecule has 98 valence electrons. The molecule has 0 heterocycles. The summed E-state index contributed by atoms with van der Waals surface area (Å²) >= 11 is 6.04. The lowest BCUT2D eigenvalue weighted by molar-refractivity contribution is 0.250. The van der Waals surface area contributed by atoms with Crippen molar-refractivity contribution < 1.29 is 4.79 Å². The number of anilines is 2. The first-order chi connectivity index (χ1) is 9.13. The fraction of sp³-hybridized carbons (Fsp3) is 0.133. The van der Waals surface area contributed by atoms with E-state index in [4.69, 9.17) is 11.6 Å². The minimum absolute atomic E-state index is 0.198. The van der Waals surface area contributed by atoms with Gasteiger partial charge >= 0.3 is 6.03 Å². The second kappa shape index (κ2) is 5.76. The van der Waals surface area contributed by atoms with Crippen LogP contribution in [0.1, 0.15) is 5.56 Å². The summed E-state index contributed by atoms with van der Waals surface area (Å²) in [6.45, 7) is 1.95. The molecule has 0 radical (unpaired) electrons. The number of amides is 2. The number of para-hydroxylation sites is 1. The lowest BCUT2D eigenvalue weighted by atomic mass is 10.1. The molecule has 1 N–H and O–H groups in total. The molecule has 4 heteroatoms. The molecule has 0 spiro atoms. The third-order valence-corrected chi connectivity index (χ3v) is 3.08. The molecule has 2 aromatic rings. The number of carbonyl (C=O) groups excluding carboxylic acids is 1. The maximum absolute atomic E-state index is 12.1. The Labute approximate surface area is 117 Å². The maximum Gasteiger partial charge on any atom is 0.326 e. The molecule has 2 aromatic carbocycles. The minimum Gasteiger partial charge on any atom is -0.340 e. The molecule has 2 rings (SSSR count). The van der Waals surface area contributed by atoms with Crippen molar-refractivity contribution in [3.05, 3.63) is 59.1 Å². The average molecular weight is 275 g/mol. The minimum atomic E-state index is -0.198. The van der Waals surface area contributed by atoms with E-state index in [-0.39, 0.29) is 6.03 Å². The van der Waals surface area contributed by atoms with Gasteiger partial charge < -0.3 is 5.32 Å². The van der Waals surface area contributed by atoms with Gasteiger partial charge in [-0.2, -0.15) is 0 Å². The highest BCUT2D eigenvalue weighted by Gasteiger charge is 2.18. The van der Waals surface area contributed by atoms with Crippen molar-refractivity contribution in [2.45, 2.75) is 6.92 Å². The first kappa shape index (κ1) is 13.4. The summed E-state index contributed by atoms with van der Waals surface area (Å²) < 4.78 is 0. The van der Waals surface area contributed by atoms with E-state index in [9.17, 15) is 4.79 Å². The molecule has 0 aliphatic heterocycles. The Hall–Kier alpha value is -2.00. The van der Waals surface area contributed by atoms with E-state index in [1.54, 1.807) is 18.0 Å². The zero-order valence-corrected chi connectivity index (χ0v) is 11.6. The molecule has 19 heavy (non-hydrogen) atoms. The first-order valence-electron chi connectivity index (χ1n) is 5.96. The van der Waals surface area contributed by atoms with Gasteiger partial charge in [0, 0.05) is 12.1 Å². The molecule has 0 saturated heterocycles. The molecular weight excluding hydrogens is 260 g/mol. The summed E-state index contributed by atoms with van der Waals surface area (Å²) in [5, 5.41) is 3.25. The van der Waals surface area contributed by atoms with Crippen LogP contribution in [0.5, 0.6) is 0 Å². The van der Waals surface area contributed by atoms with Crippen LogP contribution in [0.2, 0.25) is 5.02 Å². The van der Waals surface area contributed by atoms with E-state index in [1.807, 2.05) is 49.4 Å². The second-order valence-corrected chi connectivity index (χ2v) is 4.59. The van der Waals surface area contributed by atoms with Crippen LogP contribution in [-0.2, 0) is 0 Å². The lowest BCUT2D eigenvalue weighted by Crippen LogP contribution is -2.34. The number of urea groups is 1. The van der Waals surface area contributed by atoms with Crippen LogP contribution in [0.15, 0.2) is 48.5 Å². The standard InChI is InChI=1S/C15H15ClN2O/c1-11-8-9-12(16)10-14(11)18(15(19)17-2)13-6-4-3-5-7-13/h3-10H,1-2H3,(H,17,19). The predicted octanol–water partition coefficient (Wildman–Crippen LogP) is 4.13. The number of nitrogens with one attached hydrogen (secondary N) is 1. The summed E-state index contributed by atoms with van der Waals surface area (Å²) in [6, 6.07) is 14.8. The van der Waals surface area contributed by atoms with E-state index in [0.717, 1.165) is 16.9 Å². The van der Waals surface area contributed by atoms with Crippen LogP contribution in [0.25, 0.3) is 0 Å². The summed E-state index contributed by atoms with van der Waals surface area (Å²) in [4.78, 5) is 13.8. The number of benzene rings is 2. The zero-order valence-electron chi connectivity index (χ0n) is 10.9. The molecule has 2 amide bonds. The van der Waals surface area contributed by atoms with Crippen molar-refractivity contribution in [3.8, 4) is 0 Å². The van der Waals surface area contributed by atoms with Crippen molar-refractivity contribution in [2.24, 2.45) is 0 Å². The summed E-state index contributed by atoms with van der Waals surface area (Å²) in [7, 11) is 1.61. The highest BCUT2D eigenvalue weighted by atomic mass is 35.5. The van der Waals surface area contributed by atoms with Crippen molar-refractivity contribution in [1.29, 1.82) is 0 Å². The SMILES string of the molecule is CNC(=O)N(c1ccccc1)c1cc(Cl)ccc1C. The molecule has 0 unspecified atom stereocenters. The molecule has 0 fully saturated rings. The normalized spacial score (nSPS) is 10.1. The van der Waals surface area contributed by atoms with Crippen molar-refractivity contribution in [1.82, 2.24) is 5.32 Å². The molecule has 0 aliphatic carbocycles. The van der Waals surface area contributed by atoms with Crippen LogP contribution in [0.3, 0.4) is 0 Å². The van der Waals surface area contributed by atoms with Gasteiger partial charge in [0.15, 0.2) is 0 Å². The Morgan fingerprint density at radius 1 is 1.16 bits per heavy atom. The van der Waals surface area contributed by atoms with Gasteiger partial charge in [0.25, 0.3) is 0 Å². The number of rotatable bonds is 2. The van der Waals surface area contributed by atoms with Gasteiger partial charge in [-0.25, -0.2) is 4.79 Å². The van der Waals surface area contributed by atoms with Gasteiger partial charge in [-0.05, 0) is 36.8 Å². The molecule has 0 atom stereocenters. The monoisotopic (exact) mass is 274 g/mol. The van der Waals surface area contributed by atoms with Crippen molar-refractivity contribution in [3.63, 3.8) is 0 Å². The Morgan fingerprint density at radius 2 is 1.84 bits per heavy atom. The Balaban J connectivity index is 2.55. The number of aryl methyl sites for hydroxylation is 1. The fourth-order valence-corrected chi connectivity index (χ4v) is 2.04. The van der Waals surface area contributed by atoms with Crippen LogP contribution >= 0.6 is 11.6 Å². The van der Waals surface area contributed by atoms with Crippen LogP contribution < -0.4 is 10.2 Å². The summed E-state index contributed by atoms with van der Waals surface area (Å²) in [5.74, 6) is 0. The Morgan fingerprint density at radius 3 is 2.47 bits per heavy atom. The molecule has 0 aromatic heterocycles. The van der Waals surface area contributed by atoms with Crippen LogP contribution in [-0.4, -0.2) is 13.1 Å². The average Bonchev–Trinajstić information content (AvgIpc) is 2.44. The number of nitrogens with zero attached hydrogens (tertiary/aromatic N) is 1. The van der Waals surface area contributed by atoms with E-state index < -0.39 is 0 Å². The number of halogens is 1. The van der Waals surface area contributed by atoms with E-state index in [0.29, 0.717) is 5.02 Å². The lowest BCUT2D eigenvalue weighted by Gasteiger charge is -2.24. The van der Waals surface area contributed by atoms with E-state index >= 15 is 0 Å². The number of hydrogen-bond acceptors (Lipinski definition) is 1. The Kier molecular flexibility index (Phi) is 4.07. The summed E-state index contributed by atoms with van der Waals surface area (Å²) in [5.41, 5.74) is 2.56. The highest BCUT2D eigenvalue weighted by Crippen LogP contribution is 2.30. The maximum atomic E-state index is 12.1. The summed E-state index contributed by atoms with van der Waals surface area (Å²) in [6.07, 6.45) is 0. The molecular formula is C15H15ClN2O. The topological polar surface area (TPSA) is 32.3 Å². The largest absolute Gasteiger partial charge is 0.340 e. The van der Waals surface area contributed by atoms with Gasteiger partial charge in [0.2, 0.25) is 0 Å². The van der Waals surface area contributed by atoms with Gasteiger partial charge in [-0.3, -0.25) is 4.90 Å². The van der Waals surface area contributed by atoms with Gasteiger partial charge in [-0.15, -0.1) is 0 Å². The van der Waals surface area contributed by atoms with Gasteiger partial charge in [0.05, 0.1) is 11.4 Å². The number of hydrogen-bond donors (Lipinski definition) is 1. The highest BCUT2D eigenvalue weighted by molar-refractivity contribution is 6.31. The second-order valence-electron chi connectivity index (χ2n) is 4.16. The molecule has 3 nitrogen and oxygen atoms in total. The van der Waals surface area contributed by atoms with E-state index in [2.05, 4.69) is 5.32 Å². The van der Waals surface area contributed by atoms with E-state index in [1.165, 1.54) is 0 Å². The van der Waals surface area contributed by atoms with Gasteiger partial charge in [-0.1, -0.05) is 35.9 Å². The number of carbonyl (C=O) groups is 1. The molecule has 0 saturated carbocycles. The van der Waals surface area contributed by atoms with Crippen molar-refractivity contribution in [2.75, 3.05) is 11.9 Å². The first-order valence-corrected chi connectivity index (χ1v) is 6.34. The van der Waals surface area contributed by atoms with Crippen molar-refractivity contribution >= 4 is 29.0 Å². The predicted molar refractivity (Wildman–Crippen MR) is 79.2 cm³/mol. The van der Waals surface area contributed by atoms with Gasteiger partial charge in [0.1, 0.15) is 0 Å². The zero-order chi connectivity index (χ0) is 13.8. The molecule has 0 aliphatic rings. The third-order valence-electron chi connectivity index (χ3n) is 2.84. The quantitative estimate of drug-likeness (QED) is 0.877.